The van der Waals surface area contributed by atoms with Crippen molar-refractivity contribution in [2.75, 3.05) is 23.1 Å². The van der Waals surface area contributed by atoms with Gasteiger partial charge >= 0.3 is 0 Å². The maximum Gasteiger partial charge on any atom is 0.261 e. The Morgan fingerprint density at radius 3 is 2.06 bits per heavy atom. The summed E-state index contributed by atoms with van der Waals surface area (Å²) in [7, 11) is -3.71. The van der Waals surface area contributed by atoms with Crippen LogP contribution in [0, 0.1) is 6.92 Å². The van der Waals surface area contributed by atoms with E-state index in [4.69, 9.17) is 0 Å². The molecular weight excluding hydrogens is 422 g/mol. The molecule has 1 amide bonds. The third kappa shape index (κ3) is 5.55. The first kappa shape index (κ1) is 22.0. The molecule has 1 fully saturated rings. The van der Waals surface area contributed by atoms with E-state index in [0.717, 1.165) is 25.2 Å². The number of likely N-dealkylation sites (tertiary alicyclic amines) is 1. The Morgan fingerprint density at radius 2 is 1.44 bits per heavy atom. The fourth-order valence-electron chi connectivity index (χ4n) is 3.72. The van der Waals surface area contributed by atoms with Crippen molar-refractivity contribution in [1.29, 1.82) is 0 Å². The van der Waals surface area contributed by atoms with Crippen LogP contribution in [0.5, 0.6) is 0 Å². The zero-order chi connectivity index (χ0) is 22.6. The fraction of sp³-hybridized carbons (Fsp3) is 0.240. The number of hydrogen-bond acceptors (Lipinski definition) is 4. The molecule has 0 atom stereocenters. The quantitative estimate of drug-likeness (QED) is 0.551. The minimum absolute atomic E-state index is 0.127. The molecular formula is C25H27N3O3S. The Morgan fingerprint density at radius 1 is 0.844 bits per heavy atom. The fourth-order valence-corrected chi connectivity index (χ4v) is 4.78. The summed E-state index contributed by atoms with van der Waals surface area (Å²) in [6.07, 6.45) is 2.51. The minimum Gasteiger partial charge on any atom is -0.322 e. The number of carbonyl (C=O) groups excluding carboxylic acids is 1. The van der Waals surface area contributed by atoms with Crippen molar-refractivity contribution in [3.05, 3.63) is 89.5 Å². The van der Waals surface area contributed by atoms with Gasteiger partial charge in [0.15, 0.2) is 0 Å². The number of carbonyl (C=O) groups is 1. The number of rotatable bonds is 7. The summed E-state index contributed by atoms with van der Waals surface area (Å²) < 4.78 is 27.8. The largest absolute Gasteiger partial charge is 0.322 e. The first-order chi connectivity index (χ1) is 15.4. The highest BCUT2D eigenvalue weighted by molar-refractivity contribution is 7.92. The van der Waals surface area contributed by atoms with Crippen LogP contribution in [0.25, 0.3) is 0 Å². The van der Waals surface area contributed by atoms with Gasteiger partial charge in [0.05, 0.1) is 4.90 Å². The van der Waals surface area contributed by atoms with Crippen LogP contribution < -0.4 is 10.0 Å². The SMILES string of the molecule is Cc1ccc(NS(=O)(=O)c2ccc(NC(=O)c3ccc(CN4CCCC4)cc3)cc2)cc1. The van der Waals surface area contributed by atoms with Crippen molar-refractivity contribution >= 4 is 27.3 Å². The summed E-state index contributed by atoms with van der Waals surface area (Å²) in [6, 6.07) is 20.9. The van der Waals surface area contributed by atoms with Crippen LogP contribution in [0.1, 0.15) is 34.3 Å². The monoisotopic (exact) mass is 449 g/mol. The van der Waals surface area contributed by atoms with Gasteiger partial charge in [-0.05, 0) is 86.9 Å². The van der Waals surface area contributed by atoms with Crippen molar-refractivity contribution in [3.8, 4) is 0 Å². The number of anilines is 2. The molecule has 1 heterocycles. The lowest BCUT2D eigenvalue weighted by Gasteiger charge is -2.14. The van der Waals surface area contributed by atoms with E-state index in [1.54, 1.807) is 24.3 Å². The smallest absolute Gasteiger partial charge is 0.261 e. The highest BCUT2D eigenvalue weighted by atomic mass is 32.2. The second-order valence-corrected chi connectivity index (χ2v) is 9.81. The summed E-state index contributed by atoms with van der Waals surface area (Å²) >= 11 is 0. The van der Waals surface area contributed by atoms with Crippen LogP contribution in [0.2, 0.25) is 0 Å². The normalized spacial score (nSPS) is 14.3. The highest BCUT2D eigenvalue weighted by Gasteiger charge is 2.15. The first-order valence-electron chi connectivity index (χ1n) is 10.7. The van der Waals surface area contributed by atoms with Crippen molar-refractivity contribution < 1.29 is 13.2 Å². The molecule has 0 radical (unpaired) electrons. The Balaban J connectivity index is 1.37. The van der Waals surface area contributed by atoms with Crippen LogP contribution in [0.3, 0.4) is 0 Å². The molecule has 0 aromatic heterocycles. The topological polar surface area (TPSA) is 78.5 Å². The average molecular weight is 450 g/mol. The molecule has 1 aliphatic heterocycles. The zero-order valence-corrected chi connectivity index (χ0v) is 18.9. The highest BCUT2D eigenvalue weighted by Crippen LogP contribution is 2.19. The molecule has 0 unspecified atom stereocenters. The maximum atomic E-state index is 12.6. The van der Waals surface area contributed by atoms with Crippen molar-refractivity contribution in [2.45, 2.75) is 31.2 Å². The summed E-state index contributed by atoms with van der Waals surface area (Å²) in [5.74, 6) is -0.230. The molecule has 6 nitrogen and oxygen atoms in total. The molecule has 166 valence electrons. The predicted molar refractivity (Wildman–Crippen MR) is 127 cm³/mol. The van der Waals surface area contributed by atoms with Gasteiger partial charge in [-0.25, -0.2) is 8.42 Å². The van der Waals surface area contributed by atoms with E-state index in [9.17, 15) is 13.2 Å². The molecule has 0 spiro atoms. The summed E-state index contributed by atoms with van der Waals surface area (Å²) in [4.78, 5) is 15.1. The van der Waals surface area contributed by atoms with E-state index in [1.165, 1.54) is 30.5 Å². The third-order valence-corrected chi connectivity index (χ3v) is 6.94. The number of nitrogens with one attached hydrogen (secondary N) is 2. The molecule has 32 heavy (non-hydrogen) atoms. The number of nitrogens with zero attached hydrogens (tertiary/aromatic N) is 1. The van der Waals surface area contributed by atoms with E-state index < -0.39 is 10.0 Å². The van der Waals surface area contributed by atoms with Gasteiger partial charge in [-0.1, -0.05) is 29.8 Å². The number of sulfonamides is 1. The third-order valence-electron chi connectivity index (χ3n) is 5.55. The predicted octanol–water partition coefficient (Wildman–Crippen LogP) is 4.64. The zero-order valence-electron chi connectivity index (χ0n) is 18.0. The van der Waals surface area contributed by atoms with Gasteiger partial charge in [0.1, 0.15) is 0 Å². The number of hydrogen-bond donors (Lipinski definition) is 2. The van der Waals surface area contributed by atoms with E-state index >= 15 is 0 Å². The number of amides is 1. The molecule has 1 saturated heterocycles. The molecule has 0 aliphatic carbocycles. The van der Waals surface area contributed by atoms with Gasteiger partial charge in [0.2, 0.25) is 0 Å². The van der Waals surface area contributed by atoms with Gasteiger partial charge in [-0.15, -0.1) is 0 Å². The van der Waals surface area contributed by atoms with Crippen molar-refractivity contribution in [2.24, 2.45) is 0 Å². The van der Waals surface area contributed by atoms with Crippen LogP contribution in [0.15, 0.2) is 77.7 Å². The molecule has 3 aromatic rings. The Bertz CT molecular complexity index is 1170. The van der Waals surface area contributed by atoms with Gasteiger partial charge in [-0.3, -0.25) is 14.4 Å². The molecule has 0 saturated carbocycles. The number of benzene rings is 3. The van der Waals surface area contributed by atoms with E-state index in [-0.39, 0.29) is 10.8 Å². The summed E-state index contributed by atoms with van der Waals surface area (Å²) in [5, 5.41) is 2.82. The maximum absolute atomic E-state index is 12.6. The minimum atomic E-state index is -3.71. The van der Waals surface area contributed by atoms with E-state index in [0.29, 0.717) is 16.9 Å². The Labute approximate surface area is 189 Å². The van der Waals surface area contributed by atoms with Crippen LogP contribution in [-0.4, -0.2) is 32.3 Å². The van der Waals surface area contributed by atoms with Crippen LogP contribution in [-0.2, 0) is 16.6 Å². The lowest BCUT2D eigenvalue weighted by molar-refractivity contribution is 0.102. The molecule has 4 rings (SSSR count). The second kappa shape index (κ2) is 9.54. The number of aryl methyl sites for hydroxylation is 1. The molecule has 0 bridgehead atoms. The van der Waals surface area contributed by atoms with Gasteiger partial charge < -0.3 is 5.32 Å². The Kier molecular flexibility index (Phi) is 6.58. The molecule has 1 aliphatic rings. The molecule has 2 N–H and O–H groups in total. The standard InChI is InChI=1S/C25H27N3O3S/c1-19-4-10-23(11-5-19)27-32(30,31)24-14-12-22(13-15-24)26-25(29)21-8-6-20(7-9-21)18-28-16-2-3-17-28/h4-15,27H,2-3,16-18H2,1H3,(H,26,29). The second-order valence-electron chi connectivity index (χ2n) is 8.13. The first-order valence-corrected chi connectivity index (χ1v) is 12.2. The summed E-state index contributed by atoms with van der Waals surface area (Å²) in [6.45, 7) is 5.12. The van der Waals surface area contributed by atoms with Crippen LogP contribution >= 0.6 is 0 Å². The lowest BCUT2D eigenvalue weighted by Crippen LogP contribution is -2.18. The molecule has 3 aromatic carbocycles. The van der Waals surface area contributed by atoms with Crippen molar-refractivity contribution in [1.82, 2.24) is 4.90 Å². The summed E-state index contributed by atoms with van der Waals surface area (Å²) in [5.41, 5.74) is 3.84. The lowest BCUT2D eigenvalue weighted by atomic mass is 10.1. The van der Waals surface area contributed by atoms with E-state index in [2.05, 4.69) is 14.9 Å². The van der Waals surface area contributed by atoms with Gasteiger partial charge in [-0.2, -0.15) is 0 Å². The Hall–Kier alpha value is -3.16. The van der Waals surface area contributed by atoms with Gasteiger partial charge in [0, 0.05) is 23.5 Å². The van der Waals surface area contributed by atoms with Gasteiger partial charge in [0.25, 0.3) is 15.9 Å². The average Bonchev–Trinajstić information content (AvgIpc) is 3.29. The van der Waals surface area contributed by atoms with E-state index in [1.807, 2.05) is 43.3 Å². The molecule has 7 heteroatoms. The van der Waals surface area contributed by atoms with Crippen LogP contribution in [0.4, 0.5) is 11.4 Å². The van der Waals surface area contributed by atoms with Crippen molar-refractivity contribution in [3.63, 3.8) is 0 Å².